The maximum Gasteiger partial charge on any atom is 0.253 e. The molecule has 0 aliphatic heterocycles. The van der Waals surface area contributed by atoms with Gasteiger partial charge in [0.05, 0.1) is 0 Å². The predicted octanol–water partition coefficient (Wildman–Crippen LogP) is 2.11. The molecule has 3 aromatic rings. The fraction of sp³-hybridized carbons (Fsp3) is 0.341. The molecular weight excluding hydrogens is 719 g/mol. The van der Waals surface area contributed by atoms with E-state index in [9.17, 15) is 33.2 Å². The van der Waals surface area contributed by atoms with Gasteiger partial charge in [-0.2, -0.15) is 0 Å². The number of carbonyl (C=O) groups excluding carboxylic acids is 6. The Balaban J connectivity index is 1.96. The van der Waals surface area contributed by atoms with E-state index in [4.69, 9.17) is 17.2 Å². The summed E-state index contributed by atoms with van der Waals surface area (Å²) in [7, 11) is 0. The van der Waals surface area contributed by atoms with Gasteiger partial charge < -0.3 is 33.2 Å². The van der Waals surface area contributed by atoms with Gasteiger partial charge >= 0.3 is 0 Å². The number of hydrogen-bond donors (Lipinski definition) is 6. The molecule has 0 saturated carbocycles. The van der Waals surface area contributed by atoms with Gasteiger partial charge in [-0.1, -0.05) is 86.6 Å². The summed E-state index contributed by atoms with van der Waals surface area (Å²) in [4.78, 5) is 85.8. The number of aliphatic imine (C=N–C) groups is 1. The molecule has 0 heterocycles. The highest BCUT2D eigenvalue weighted by atomic mass is 19.1. The minimum Gasteiger partial charge on any atom is -0.370 e. The highest BCUT2D eigenvalue weighted by Gasteiger charge is 2.36. The van der Waals surface area contributed by atoms with Crippen LogP contribution in [0.5, 0.6) is 0 Å². The summed E-state index contributed by atoms with van der Waals surface area (Å²) in [6.07, 6.45) is 3.07. The van der Waals surface area contributed by atoms with Gasteiger partial charge in [0, 0.05) is 32.4 Å². The normalized spacial score (nSPS) is 13.2. The van der Waals surface area contributed by atoms with Crippen molar-refractivity contribution < 1.29 is 33.2 Å². The van der Waals surface area contributed by atoms with Crippen LogP contribution >= 0.6 is 0 Å². The number of primary amides is 1. The lowest BCUT2D eigenvalue weighted by molar-refractivity contribution is -0.148. The van der Waals surface area contributed by atoms with Crippen molar-refractivity contribution in [1.29, 1.82) is 0 Å². The predicted molar refractivity (Wildman–Crippen MR) is 211 cm³/mol. The smallest absolute Gasteiger partial charge is 0.253 e. The average Bonchev–Trinajstić information content (AvgIpc) is 3.15. The maximum atomic E-state index is 14.3. The molecule has 3 rings (SSSR count). The lowest BCUT2D eigenvalue weighted by Gasteiger charge is -2.30. The Bertz CT molecular complexity index is 1850. The molecule has 9 N–H and O–H groups in total. The number of imide groups is 1. The number of amides is 6. The molecule has 3 aromatic carbocycles. The largest absolute Gasteiger partial charge is 0.370 e. The van der Waals surface area contributed by atoms with Crippen LogP contribution in [0.1, 0.15) is 56.7 Å². The summed E-state index contributed by atoms with van der Waals surface area (Å²) in [5, 5.41) is 8.08. The molecular formula is C41H51FN8O6. The van der Waals surface area contributed by atoms with E-state index >= 15 is 0 Å². The molecule has 4 atom stereocenters. The third kappa shape index (κ3) is 14.8. The summed E-state index contributed by atoms with van der Waals surface area (Å²) < 4.78 is 13.9. The molecule has 15 heteroatoms. The number of carbonyl (C=O) groups is 6. The molecule has 14 nitrogen and oxygen atoms in total. The van der Waals surface area contributed by atoms with E-state index < -0.39 is 65.4 Å². The molecule has 0 spiro atoms. The molecule has 0 aliphatic carbocycles. The number of hydrogen-bond acceptors (Lipinski definition) is 7. The second kappa shape index (κ2) is 22.1. The van der Waals surface area contributed by atoms with E-state index in [1.165, 1.54) is 36.4 Å². The van der Waals surface area contributed by atoms with E-state index in [0.717, 1.165) is 11.8 Å². The molecule has 0 bridgehead atoms. The van der Waals surface area contributed by atoms with Crippen LogP contribution in [0.15, 0.2) is 96.0 Å². The van der Waals surface area contributed by atoms with Gasteiger partial charge in [0.15, 0.2) is 5.96 Å². The second-order valence-corrected chi connectivity index (χ2v) is 13.7. The summed E-state index contributed by atoms with van der Waals surface area (Å²) in [5.41, 5.74) is 18.1. The number of halogens is 1. The lowest BCUT2D eigenvalue weighted by Crippen LogP contribution is -2.59. The number of nitrogens with zero attached hydrogens (tertiary/aromatic N) is 2. The fourth-order valence-corrected chi connectivity index (χ4v) is 5.85. The zero-order valence-corrected chi connectivity index (χ0v) is 31.8. The third-order valence-electron chi connectivity index (χ3n) is 8.61. The lowest BCUT2D eigenvalue weighted by atomic mass is 9.99. The first-order valence-corrected chi connectivity index (χ1v) is 18.3. The fourth-order valence-electron chi connectivity index (χ4n) is 5.85. The monoisotopic (exact) mass is 770 g/mol. The number of rotatable bonds is 20. The molecule has 0 saturated heterocycles. The molecule has 0 radical (unpaired) electrons. The Morgan fingerprint density at radius 1 is 0.732 bits per heavy atom. The second-order valence-electron chi connectivity index (χ2n) is 13.7. The van der Waals surface area contributed by atoms with Gasteiger partial charge in [0.25, 0.3) is 5.91 Å². The first-order valence-electron chi connectivity index (χ1n) is 18.3. The highest BCUT2D eigenvalue weighted by Crippen LogP contribution is 2.15. The molecule has 0 unspecified atom stereocenters. The summed E-state index contributed by atoms with van der Waals surface area (Å²) in [6, 6.07) is 17.9. The van der Waals surface area contributed by atoms with Crippen molar-refractivity contribution >= 4 is 47.5 Å². The van der Waals surface area contributed by atoms with Crippen LogP contribution in [0.4, 0.5) is 4.39 Å². The zero-order valence-electron chi connectivity index (χ0n) is 31.8. The SMILES string of the molecule is CC(=O)N(C(=O)/C=C/c1ccccc1)[C@@H](Cc1ccc(F)cc1)C(=O)N[C@@H](Cc1ccccc1)C(=O)N[C@@H](CC(C)C)C(=O)N[C@@H](CCCN=C(N)N)C(N)=O. The molecule has 56 heavy (non-hydrogen) atoms. The van der Waals surface area contributed by atoms with E-state index in [2.05, 4.69) is 20.9 Å². The Morgan fingerprint density at radius 3 is 1.86 bits per heavy atom. The van der Waals surface area contributed by atoms with Gasteiger partial charge in [-0.3, -0.25) is 38.7 Å². The van der Waals surface area contributed by atoms with E-state index in [1.807, 2.05) is 13.8 Å². The Kier molecular flexibility index (Phi) is 17.4. The molecule has 298 valence electrons. The molecule has 0 fully saturated rings. The van der Waals surface area contributed by atoms with Crippen LogP contribution in [-0.2, 0) is 41.6 Å². The molecule has 0 aromatic heterocycles. The van der Waals surface area contributed by atoms with Gasteiger partial charge in [0.1, 0.15) is 30.0 Å². The van der Waals surface area contributed by atoms with Crippen molar-refractivity contribution in [2.24, 2.45) is 28.1 Å². The summed E-state index contributed by atoms with van der Waals surface area (Å²) in [5.74, 6) is -5.31. The minimum absolute atomic E-state index is 0.0334. The van der Waals surface area contributed by atoms with Gasteiger partial charge in [-0.05, 0) is 60.1 Å². The summed E-state index contributed by atoms with van der Waals surface area (Å²) in [6.45, 7) is 5.03. The van der Waals surface area contributed by atoms with Crippen LogP contribution < -0.4 is 33.2 Å². The Labute approximate surface area is 326 Å². The van der Waals surface area contributed by atoms with Gasteiger partial charge in [-0.15, -0.1) is 0 Å². The van der Waals surface area contributed by atoms with Crippen molar-refractivity contribution in [1.82, 2.24) is 20.9 Å². The van der Waals surface area contributed by atoms with Crippen molar-refractivity contribution in [2.45, 2.75) is 77.0 Å². The van der Waals surface area contributed by atoms with E-state index in [1.54, 1.807) is 60.7 Å². The van der Waals surface area contributed by atoms with Crippen molar-refractivity contribution in [3.05, 3.63) is 114 Å². The third-order valence-corrected chi connectivity index (χ3v) is 8.61. The Morgan fingerprint density at radius 2 is 1.29 bits per heavy atom. The van der Waals surface area contributed by atoms with Crippen LogP contribution in [0.2, 0.25) is 0 Å². The van der Waals surface area contributed by atoms with Crippen LogP contribution in [0.3, 0.4) is 0 Å². The summed E-state index contributed by atoms with van der Waals surface area (Å²) >= 11 is 0. The average molecular weight is 771 g/mol. The quantitative estimate of drug-likeness (QED) is 0.0430. The van der Waals surface area contributed by atoms with Gasteiger partial charge in [-0.25, -0.2) is 4.39 Å². The van der Waals surface area contributed by atoms with Crippen LogP contribution in [0.25, 0.3) is 6.08 Å². The zero-order chi connectivity index (χ0) is 41.2. The van der Waals surface area contributed by atoms with E-state index in [0.29, 0.717) is 23.1 Å². The minimum atomic E-state index is -1.47. The number of nitrogens with two attached hydrogens (primary N) is 3. The highest BCUT2D eigenvalue weighted by molar-refractivity contribution is 6.06. The van der Waals surface area contributed by atoms with Crippen molar-refractivity contribution in [3.8, 4) is 0 Å². The molecule has 0 aliphatic rings. The number of nitrogens with one attached hydrogen (secondary N) is 3. The first kappa shape index (κ1) is 44.0. The topological polar surface area (TPSA) is 232 Å². The standard InChI is InChI=1S/C41H51FN8O6/c1-26(2)23-33(38(54)47-32(37(43)53)15-10-22-46-41(44)45)48-39(55)34(24-29-13-8-5-9-14-29)49-40(56)35(25-30-16-19-31(42)20-17-30)50(27(3)51)36(52)21-18-28-11-6-4-7-12-28/h4-9,11-14,16-21,26,32-35H,10,15,22-25H2,1-3H3,(H2,43,53)(H,47,54)(H,48,55)(H,49,56)(H4,44,45,46)/b21-18+/t32-,33-,34-,35-/m0/s1. The van der Waals surface area contributed by atoms with E-state index in [-0.39, 0.29) is 44.1 Å². The number of benzene rings is 3. The van der Waals surface area contributed by atoms with Crippen molar-refractivity contribution in [3.63, 3.8) is 0 Å². The van der Waals surface area contributed by atoms with Crippen molar-refractivity contribution in [2.75, 3.05) is 6.54 Å². The number of guanidine groups is 1. The Hall–Kier alpha value is -6.38. The first-order chi connectivity index (χ1) is 26.6. The van der Waals surface area contributed by atoms with Crippen LogP contribution in [0, 0.1) is 11.7 Å². The van der Waals surface area contributed by atoms with Gasteiger partial charge in [0.2, 0.25) is 29.5 Å². The van der Waals surface area contributed by atoms with Crippen LogP contribution in [-0.4, -0.2) is 77.0 Å². The maximum absolute atomic E-state index is 14.3. The molecule has 6 amide bonds.